The van der Waals surface area contributed by atoms with Crippen molar-refractivity contribution in [1.82, 2.24) is 10.2 Å². The van der Waals surface area contributed by atoms with E-state index in [-0.39, 0.29) is 23.4 Å². The summed E-state index contributed by atoms with van der Waals surface area (Å²) >= 11 is 15.1. The van der Waals surface area contributed by atoms with Crippen molar-refractivity contribution >= 4 is 73.3 Å². The highest BCUT2D eigenvalue weighted by molar-refractivity contribution is 14.1. The number of halogens is 3. The molecule has 2 amide bonds. The van der Waals surface area contributed by atoms with Crippen molar-refractivity contribution in [2.45, 2.75) is 69.0 Å². The van der Waals surface area contributed by atoms with E-state index in [2.05, 4.69) is 27.9 Å². The highest BCUT2D eigenvalue weighted by atomic mass is 127. The number of benzene rings is 3. The summed E-state index contributed by atoms with van der Waals surface area (Å²) in [6, 6.07) is 19.1. The van der Waals surface area contributed by atoms with E-state index in [1.54, 1.807) is 60.7 Å². The minimum Gasteiger partial charge on any atom is -0.352 e. The lowest BCUT2D eigenvalue weighted by Crippen LogP contribution is -2.54. The monoisotopic (exact) mass is 741 g/mol. The SMILES string of the molecule is CC[C@H](C(=O)NC1CCCCC1)N(Cc1c(Cl)cccc1Cl)C(=O)CN(c1ccc(I)cc1)S(=O)(=O)c1ccccc1. The third-order valence-electron chi connectivity index (χ3n) is 7.45. The van der Waals surface area contributed by atoms with Crippen LogP contribution in [-0.4, -0.2) is 43.8 Å². The average molecular weight is 743 g/mol. The number of amides is 2. The summed E-state index contributed by atoms with van der Waals surface area (Å²) in [5, 5.41) is 3.85. The predicted molar refractivity (Wildman–Crippen MR) is 176 cm³/mol. The van der Waals surface area contributed by atoms with Crippen LogP contribution in [0.15, 0.2) is 77.7 Å². The fraction of sp³-hybridized carbons (Fsp3) is 0.355. The summed E-state index contributed by atoms with van der Waals surface area (Å²) in [7, 11) is -4.13. The van der Waals surface area contributed by atoms with Crippen molar-refractivity contribution in [1.29, 1.82) is 0 Å². The van der Waals surface area contributed by atoms with E-state index < -0.39 is 28.5 Å². The molecule has 0 spiro atoms. The molecule has 224 valence electrons. The van der Waals surface area contributed by atoms with Gasteiger partial charge in [-0.3, -0.25) is 13.9 Å². The third kappa shape index (κ3) is 7.98. The zero-order chi connectivity index (χ0) is 30.3. The lowest BCUT2D eigenvalue weighted by atomic mass is 9.95. The van der Waals surface area contributed by atoms with Crippen LogP contribution in [0.3, 0.4) is 0 Å². The van der Waals surface area contributed by atoms with Gasteiger partial charge in [-0.1, -0.05) is 73.7 Å². The van der Waals surface area contributed by atoms with Gasteiger partial charge >= 0.3 is 0 Å². The fourth-order valence-electron chi connectivity index (χ4n) is 5.17. The van der Waals surface area contributed by atoms with Gasteiger partial charge in [0.05, 0.1) is 10.6 Å². The lowest BCUT2D eigenvalue weighted by molar-refractivity contribution is -0.140. The largest absolute Gasteiger partial charge is 0.352 e. The number of hydrogen-bond acceptors (Lipinski definition) is 4. The van der Waals surface area contributed by atoms with Gasteiger partial charge in [0.1, 0.15) is 12.6 Å². The molecule has 1 N–H and O–H groups in total. The molecule has 42 heavy (non-hydrogen) atoms. The molecule has 0 radical (unpaired) electrons. The van der Waals surface area contributed by atoms with Crippen LogP contribution in [0.5, 0.6) is 0 Å². The molecule has 0 aliphatic heterocycles. The van der Waals surface area contributed by atoms with E-state index in [1.807, 2.05) is 6.92 Å². The molecular formula is C31H34Cl2IN3O4S. The van der Waals surface area contributed by atoms with Gasteiger partial charge in [0.15, 0.2) is 0 Å². The molecule has 1 atom stereocenters. The van der Waals surface area contributed by atoms with Gasteiger partial charge < -0.3 is 10.2 Å². The van der Waals surface area contributed by atoms with Crippen LogP contribution in [0.25, 0.3) is 0 Å². The second-order valence-corrected chi connectivity index (χ2v) is 14.2. The van der Waals surface area contributed by atoms with Crippen LogP contribution in [-0.2, 0) is 26.2 Å². The van der Waals surface area contributed by atoms with Gasteiger partial charge in [0, 0.05) is 31.8 Å². The van der Waals surface area contributed by atoms with Crippen molar-refractivity contribution in [3.63, 3.8) is 0 Å². The molecule has 0 aromatic heterocycles. The molecule has 0 unspecified atom stereocenters. The van der Waals surface area contributed by atoms with Crippen molar-refractivity contribution in [3.05, 3.63) is 92.0 Å². The van der Waals surface area contributed by atoms with Crippen LogP contribution in [0.1, 0.15) is 51.0 Å². The van der Waals surface area contributed by atoms with Gasteiger partial charge in [0.25, 0.3) is 10.0 Å². The van der Waals surface area contributed by atoms with Crippen LogP contribution >= 0.6 is 45.8 Å². The highest BCUT2D eigenvalue weighted by Crippen LogP contribution is 2.29. The molecular weight excluding hydrogens is 708 g/mol. The number of rotatable bonds is 11. The quantitative estimate of drug-likeness (QED) is 0.214. The molecule has 1 saturated carbocycles. The predicted octanol–water partition coefficient (Wildman–Crippen LogP) is 7.05. The van der Waals surface area contributed by atoms with Gasteiger partial charge in [0.2, 0.25) is 11.8 Å². The zero-order valence-corrected chi connectivity index (χ0v) is 27.8. The fourth-order valence-corrected chi connectivity index (χ4v) is 7.49. The Morgan fingerprint density at radius 2 is 1.55 bits per heavy atom. The smallest absolute Gasteiger partial charge is 0.264 e. The minimum absolute atomic E-state index is 0.0444. The summed E-state index contributed by atoms with van der Waals surface area (Å²) in [6.07, 6.45) is 5.33. The Morgan fingerprint density at radius 1 is 0.929 bits per heavy atom. The number of carbonyl (C=O) groups is 2. The van der Waals surface area contributed by atoms with Gasteiger partial charge in [-0.25, -0.2) is 8.42 Å². The molecule has 4 rings (SSSR count). The van der Waals surface area contributed by atoms with Crippen LogP contribution in [0, 0.1) is 3.57 Å². The Labute approximate surface area is 271 Å². The highest BCUT2D eigenvalue weighted by Gasteiger charge is 2.35. The van der Waals surface area contributed by atoms with E-state index >= 15 is 0 Å². The summed E-state index contributed by atoms with van der Waals surface area (Å²) in [5.74, 6) is -0.817. The normalized spacial score (nSPS) is 14.7. The Bertz CT molecular complexity index is 1460. The first-order valence-corrected chi connectivity index (χ1v) is 17.3. The Balaban J connectivity index is 1.72. The number of nitrogens with zero attached hydrogens (tertiary/aromatic N) is 2. The van der Waals surface area contributed by atoms with Crippen molar-refractivity contribution < 1.29 is 18.0 Å². The summed E-state index contributed by atoms with van der Waals surface area (Å²) in [6.45, 7) is 1.25. The van der Waals surface area contributed by atoms with Crippen molar-refractivity contribution in [3.8, 4) is 0 Å². The maximum Gasteiger partial charge on any atom is 0.264 e. The third-order valence-corrected chi connectivity index (χ3v) is 10.7. The summed E-state index contributed by atoms with van der Waals surface area (Å²) in [5.41, 5.74) is 0.827. The van der Waals surface area contributed by atoms with Crippen molar-refractivity contribution in [2.75, 3.05) is 10.8 Å². The molecule has 1 aliphatic carbocycles. The Hall–Kier alpha value is -2.34. The van der Waals surface area contributed by atoms with Gasteiger partial charge in [-0.15, -0.1) is 0 Å². The first kappa shape index (κ1) is 32.6. The van der Waals surface area contributed by atoms with E-state index in [4.69, 9.17) is 23.2 Å². The molecule has 0 bridgehead atoms. The number of sulfonamides is 1. The van der Waals surface area contributed by atoms with Crippen molar-refractivity contribution in [2.24, 2.45) is 0 Å². The van der Waals surface area contributed by atoms with E-state index in [9.17, 15) is 18.0 Å². The van der Waals surface area contributed by atoms with E-state index in [0.717, 1.165) is 40.0 Å². The molecule has 0 saturated heterocycles. The summed E-state index contributed by atoms with van der Waals surface area (Å²) in [4.78, 5) is 29.4. The summed E-state index contributed by atoms with van der Waals surface area (Å²) < 4.78 is 29.8. The lowest BCUT2D eigenvalue weighted by Gasteiger charge is -2.34. The minimum atomic E-state index is -4.13. The maximum atomic E-state index is 14.2. The second-order valence-electron chi connectivity index (χ2n) is 10.3. The van der Waals surface area contributed by atoms with Gasteiger partial charge in [-0.05, 0) is 90.4 Å². The molecule has 1 aliphatic rings. The second kappa shape index (κ2) is 14.9. The Morgan fingerprint density at radius 3 is 2.14 bits per heavy atom. The van der Waals surface area contributed by atoms with Crippen LogP contribution in [0.2, 0.25) is 10.0 Å². The van der Waals surface area contributed by atoms with Crippen LogP contribution < -0.4 is 9.62 Å². The first-order chi connectivity index (χ1) is 20.1. The first-order valence-electron chi connectivity index (χ1n) is 14.0. The molecule has 1 fully saturated rings. The van der Waals surface area contributed by atoms with E-state index in [0.29, 0.717) is 27.7 Å². The zero-order valence-electron chi connectivity index (χ0n) is 23.3. The van der Waals surface area contributed by atoms with Crippen LogP contribution in [0.4, 0.5) is 5.69 Å². The average Bonchev–Trinajstić information content (AvgIpc) is 2.98. The number of carbonyl (C=O) groups excluding carboxylic acids is 2. The Kier molecular flexibility index (Phi) is 11.6. The van der Waals surface area contributed by atoms with Gasteiger partial charge in [-0.2, -0.15) is 0 Å². The topological polar surface area (TPSA) is 86.8 Å². The maximum absolute atomic E-state index is 14.2. The number of anilines is 1. The molecule has 11 heteroatoms. The molecule has 3 aromatic rings. The molecule has 7 nitrogen and oxygen atoms in total. The molecule has 3 aromatic carbocycles. The van der Waals surface area contributed by atoms with E-state index in [1.165, 1.54) is 17.0 Å². The molecule has 0 heterocycles. The number of hydrogen-bond donors (Lipinski definition) is 1. The standard InChI is InChI=1S/C31H34Cl2IN3O4S/c1-2-29(31(39)35-23-10-5-3-6-11-23)36(20-26-27(32)14-9-15-28(26)33)30(38)21-37(24-18-16-22(34)17-19-24)42(40,41)25-12-7-4-8-13-25/h4,7-9,12-19,23,29H,2-3,5-6,10-11,20-21H2,1H3,(H,35,39)/t29-/m1/s1. The number of nitrogens with one attached hydrogen (secondary N) is 1.